The van der Waals surface area contributed by atoms with Crippen LogP contribution < -0.4 is 11.1 Å². The van der Waals surface area contributed by atoms with Gasteiger partial charge < -0.3 is 11.1 Å². The normalized spacial score (nSPS) is 11.8. The molecule has 0 aliphatic rings. The van der Waals surface area contributed by atoms with E-state index in [0.717, 1.165) is 5.69 Å². The van der Waals surface area contributed by atoms with Crippen LogP contribution in [0.3, 0.4) is 0 Å². The Labute approximate surface area is 103 Å². The molecular formula is C12H19ClN2O. The standard InChI is InChI=1S/C12H18N2O.ClH/c1-8(2)10-5-4-6-11(7-10)14-12(15)9(3)13;/h4-9H,13H2,1-3H3,(H,14,15);1H. The van der Waals surface area contributed by atoms with E-state index in [4.69, 9.17) is 5.73 Å². The Morgan fingerprint density at radius 3 is 2.44 bits per heavy atom. The van der Waals surface area contributed by atoms with Gasteiger partial charge in [-0.25, -0.2) is 0 Å². The van der Waals surface area contributed by atoms with Crippen LogP contribution in [0.2, 0.25) is 0 Å². The third kappa shape index (κ3) is 4.21. The highest BCUT2D eigenvalue weighted by Gasteiger charge is 2.07. The second-order valence-corrected chi connectivity index (χ2v) is 4.06. The van der Waals surface area contributed by atoms with Crippen LogP contribution in [0, 0.1) is 0 Å². The first-order valence-corrected chi connectivity index (χ1v) is 5.17. The van der Waals surface area contributed by atoms with Crippen molar-refractivity contribution in [2.24, 2.45) is 5.73 Å². The number of benzene rings is 1. The summed E-state index contributed by atoms with van der Waals surface area (Å²) in [5.41, 5.74) is 7.48. The van der Waals surface area contributed by atoms with Gasteiger partial charge in [-0.05, 0) is 30.5 Å². The molecule has 0 radical (unpaired) electrons. The monoisotopic (exact) mass is 242 g/mol. The van der Waals surface area contributed by atoms with Crippen molar-refractivity contribution in [2.75, 3.05) is 5.32 Å². The number of hydrogen-bond donors (Lipinski definition) is 2. The van der Waals surface area contributed by atoms with Crippen LogP contribution in [-0.2, 0) is 4.79 Å². The first kappa shape index (κ1) is 14.9. The van der Waals surface area contributed by atoms with E-state index in [-0.39, 0.29) is 18.3 Å². The lowest BCUT2D eigenvalue weighted by Gasteiger charge is -2.10. The molecule has 90 valence electrons. The Morgan fingerprint density at radius 1 is 1.31 bits per heavy atom. The predicted molar refractivity (Wildman–Crippen MR) is 70.1 cm³/mol. The highest BCUT2D eigenvalue weighted by Crippen LogP contribution is 2.18. The maximum atomic E-state index is 11.4. The lowest BCUT2D eigenvalue weighted by atomic mass is 10.0. The van der Waals surface area contributed by atoms with Crippen LogP contribution in [-0.4, -0.2) is 11.9 Å². The molecule has 1 amide bonds. The van der Waals surface area contributed by atoms with Gasteiger partial charge in [-0.2, -0.15) is 0 Å². The molecular weight excluding hydrogens is 224 g/mol. The molecule has 4 heteroatoms. The largest absolute Gasteiger partial charge is 0.325 e. The second kappa shape index (κ2) is 6.51. The number of carbonyl (C=O) groups is 1. The molecule has 3 N–H and O–H groups in total. The fraction of sp³-hybridized carbons (Fsp3) is 0.417. The molecule has 1 unspecified atom stereocenters. The van der Waals surface area contributed by atoms with Crippen molar-refractivity contribution in [3.8, 4) is 0 Å². The Morgan fingerprint density at radius 2 is 1.94 bits per heavy atom. The van der Waals surface area contributed by atoms with Gasteiger partial charge in [0.1, 0.15) is 0 Å². The van der Waals surface area contributed by atoms with Crippen LogP contribution in [0.1, 0.15) is 32.3 Å². The molecule has 1 aromatic carbocycles. The van der Waals surface area contributed by atoms with Gasteiger partial charge in [-0.3, -0.25) is 4.79 Å². The third-order valence-corrected chi connectivity index (χ3v) is 2.23. The van der Waals surface area contributed by atoms with Gasteiger partial charge in [0.05, 0.1) is 6.04 Å². The number of hydrogen-bond acceptors (Lipinski definition) is 2. The van der Waals surface area contributed by atoms with E-state index in [1.165, 1.54) is 5.56 Å². The van der Waals surface area contributed by atoms with Gasteiger partial charge in [-0.15, -0.1) is 12.4 Å². The molecule has 1 aromatic rings. The number of anilines is 1. The lowest BCUT2D eigenvalue weighted by molar-refractivity contribution is -0.117. The Balaban J connectivity index is 0.00000225. The van der Waals surface area contributed by atoms with Gasteiger partial charge in [0.2, 0.25) is 5.91 Å². The zero-order chi connectivity index (χ0) is 11.4. The van der Waals surface area contributed by atoms with Crippen LogP contribution in [0.4, 0.5) is 5.69 Å². The van der Waals surface area contributed by atoms with Crippen molar-refractivity contribution >= 4 is 24.0 Å². The Bertz CT molecular complexity index is 351. The molecule has 0 aliphatic carbocycles. The number of carbonyl (C=O) groups excluding carboxylic acids is 1. The average molecular weight is 243 g/mol. The highest BCUT2D eigenvalue weighted by atomic mass is 35.5. The van der Waals surface area contributed by atoms with Crippen molar-refractivity contribution < 1.29 is 4.79 Å². The van der Waals surface area contributed by atoms with Gasteiger partial charge >= 0.3 is 0 Å². The number of halogens is 1. The number of nitrogens with one attached hydrogen (secondary N) is 1. The van der Waals surface area contributed by atoms with E-state index in [0.29, 0.717) is 5.92 Å². The maximum Gasteiger partial charge on any atom is 0.240 e. The molecule has 0 heterocycles. The summed E-state index contributed by atoms with van der Waals surface area (Å²) in [4.78, 5) is 11.4. The van der Waals surface area contributed by atoms with Crippen LogP contribution in [0.5, 0.6) is 0 Å². The molecule has 16 heavy (non-hydrogen) atoms. The van der Waals surface area contributed by atoms with Crippen molar-refractivity contribution in [3.63, 3.8) is 0 Å². The highest BCUT2D eigenvalue weighted by molar-refractivity contribution is 5.94. The van der Waals surface area contributed by atoms with Crippen molar-refractivity contribution in [2.45, 2.75) is 32.7 Å². The minimum Gasteiger partial charge on any atom is -0.325 e. The molecule has 1 atom stereocenters. The zero-order valence-corrected chi connectivity index (χ0v) is 10.7. The van der Waals surface area contributed by atoms with Crippen LogP contribution in [0.15, 0.2) is 24.3 Å². The third-order valence-electron chi connectivity index (χ3n) is 2.23. The summed E-state index contributed by atoms with van der Waals surface area (Å²) in [6, 6.07) is 7.35. The van der Waals surface area contributed by atoms with Gasteiger partial charge in [0.15, 0.2) is 0 Å². The Hall–Kier alpha value is -1.06. The first-order chi connectivity index (χ1) is 7.00. The number of rotatable bonds is 3. The number of nitrogens with two attached hydrogens (primary N) is 1. The molecule has 3 nitrogen and oxygen atoms in total. The van der Waals surface area contributed by atoms with E-state index in [1.807, 2.05) is 24.3 Å². The molecule has 0 spiro atoms. The Kier molecular flexibility index (Phi) is 6.08. The van der Waals surface area contributed by atoms with E-state index in [9.17, 15) is 4.79 Å². The minimum atomic E-state index is -0.479. The van der Waals surface area contributed by atoms with Gasteiger partial charge in [0.25, 0.3) is 0 Å². The summed E-state index contributed by atoms with van der Waals surface area (Å²) in [7, 11) is 0. The molecule has 0 aliphatic heterocycles. The SMILES string of the molecule is CC(N)C(=O)Nc1cccc(C(C)C)c1.Cl. The average Bonchev–Trinajstić information content (AvgIpc) is 2.18. The summed E-state index contributed by atoms with van der Waals surface area (Å²) < 4.78 is 0. The molecule has 0 bridgehead atoms. The predicted octanol–water partition coefficient (Wildman–Crippen LogP) is 2.52. The molecule has 0 aromatic heterocycles. The zero-order valence-electron chi connectivity index (χ0n) is 9.86. The van der Waals surface area contributed by atoms with E-state index in [1.54, 1.807) is 6.92 Å². The molecule has 1 rings (SSSR count). The molecule has 0 saturated heterocycles. The van der Waals surface area contributed by atoms with Crippen molar-refractivity contribution in [1.29, 1.82) is 0 Å². The summed E-state index contributed by atoms with van der Waals surface area (Å²) >= 11 is 0. The fourth-order valence-corrected chi connectivity index (χ4v) is 1.23. The van der Waals surface area contributed by atoms with Crippen LogP contribution >= 0.6 is 12.4 Å². The molecule has 0 saturated carbocycles. The fourth-order valence-electron chi connectivity index (χ4n) is 1.23. The van der Waals surface area contributed by atoms with Gasteiger partial charge in [-0.1, -0.05) is 26.0 Å². The first-order valence-electron chi connectivity index (χ1n) is 5.17. The summed E-state index contributed by atoms with van der Waals surface area (Å²) in [6.07, 6.45) is 0. The maximum absolute atomic E-state index is 11.4. The summed E-state index contributed by atoms with van der Waals surface area (Å²) in [6.45, 7) is 5.90. The van der Waals surface area contributed by atoms with Gasteiger partial charge in [0, 0.05) is 5.69 Å². The summed E-state index contributed by atoms with van der Waals surface area (Å²) in [5.74, 6) is 0.299. The van der Waals surface area contributed by atoms with E-state index >= 15 is 0 Å². The second-order valence-electron chi connectivity index (χ2n) is 4.06. The van der Waals surface area contributed by atoms with Crippen LogP contribution in [0.25, 0.3) is 0 Å². The minimum absolute atomic E-state index is 0. The van der Waals surface area contributed by atoms with E-state index in [2.05, 4.69) is 19.2 Å². The smallest absolute Gasteiger partial charge is 0.240 e. The quantitative estimate of drug-likeness (QED) is 0.856. The topological polar surface area (TPSA) is 55.1 Å². The summed E-state index contributed by atoms with van der Waals surface area (Å²) in [5, 5.41) is 2.77. The van der Waals surface area contributed by atoms with E-state index < -0.39 is 6.04 Å². The van der Waals surface area contributed by atoms with Crippen molar-refractivity contribution in [1.82, 2.24) is 0 Å². The molecule has 0 fully saturated rings. The number of amides is 1. The lowest BCUT2D eigenvalue weighted by Crippen LogP contribution is -2.32. The van der Waals surface area contributed by atoms with Crippen molar-refractivity contribution in [3.05, 3.63) is 29.8 Å².